The number of amides is 1. The molecular formula is C9H7N5O4S. The van der Waals surface area contributed by atoms with Crippen LogP contribution < -0.4 is 5.43 Å². The van der Waals surface area contributed by atoms with Crippen LogP contribution in [0.25, 0.3) is 0 Å². The van der Waals surface area contributed by atoms with E-state index in [1.54, 1.807) is 6.92 Å². The molecule has 0 atom stereocenters. The maximum absolute atomic E-state index is 11.6. The summed E-state index contributed by atoms with van der Waals surface area (Å²) in [4.78, 5) is 21.7. The van der Waals surface area contributed by atoms with Gasteiger partial charge in [0.2, 0.25) is 0 Å². The number of aromatic nitrogens is 2. The smallest absolute Gasteiger partial charge is 0.400 e. The van der Waals surface area contributed by atoms with Crippen LogP contribution in [0.4, 0.5) is 5.88 Å². The summed E-state index contributed by atoms with van der Waals surface area (Å²) in [6.45, 7) is 1.65. The normalized spacial score (nSPS) is 10.8. The van der Waals surface area contributed by atoms with Crippen LogP contribution in [-0.2, 0) is 0 Å². The zero-order valence-electron chi connectivity index (χ0n) is 9.56. The number of rotatable bonds is 4. The maximum atomic E-state index is 11.6. The molecule has 0 saturated heterocycles. The average Bonchev–Trinajstić information content (AvgIpc) is 2.97. The molecule has 10 heteroatoms. The number of carbonyl (C=O) groups excluding carboxylic acids is 1. The van der Waals surface area contributed by atoms with Gasteiger partial charge in [-0.2, -0.15) is 5.10 Å². The third kappa shape index (κ3) is 2.98. The Labute approximate surface area is 110 Å². The van der Waals surface area contributed by atoms with E-state index in [0.29, 0.717) is 10.6 Å². The fraction of sp³-hybridized carbons (Fsp3) is 0.111. The van der Waals surface area contributed by atoms with Gasteiger partial charge in [0.05, 0.1) is 18.0 Å². The van der Waals surface area contributed by atoms with Crippen LogP contribution in [0.3, 0.4) is 0 Å². The largest absolute Gasteiger partial charge is 0.433 e. The van der Waals surface area contributed by atoms with Crippen molar-refractivity contribution >= 4 is 29.5 Å². The lowest BCUT2D eigenvalue weighted by molar-refractivity contribution is -0.402. The summed E-state index contributed by atoms with van der Waals surface area (Å²) in [7, 11) is 0. The molecule has 0 aromatic carbocycles. The van der Waals surface area contributed by atoms with Crippen LogP contribution in [0, 0.1) is 17.0 Å². The van der Waals surface area contributed by atoms with E-state index in [2.05, 4.69) is 20.1 Å². The molecule has 0 aliphatic rings. The highest BCUT2D eigenvalue weighted by atomic mass is 32.1. The second-order valence-electron chi connectivity index (χ2n) is 3.32. The zero-order chi connectivity index (χ0) is 13.8. The highest BCUT2D eigenvalue weighted by Crippen LogP contribution is 2.13. The summed E-state index contributed by atoms with van der Waals surface area (Å²) in [5.74, 6) is -0.689. The van der Waals surface area contributed by atoms with Gasteiger partial charge >= 0.3 is 5.88 Å². The Balaban J connectivity index is 1.98. The second kappa shape index (κ2) is 5.35. The highest BCUT2D eigenvalue weighted by Gasteiger charge is 2.12. The van der Waals surface area contributed by atoms with Crippen LogP contribution in [-0.4, -0.2) is 26.6 Å². The van der Waals surface area contributed by atoms with Gasteiger partial charge in [0.25, 0.3) is 5.91 Å². The van der Waals surface area contributed by atoms with Crippen LogP contribution in [0.1, 0.15) is 21.1 Å². The van der Waals surface area contributed by atoms with Crippen molar-refractivity contribution in [3.05, 3.63) is 38.6 Å². The van der Waals surface area contributed by atoms with Crippen molar-refractivity contribution in [3.63, 3.8) is 0 Å². The molecule has 2 aromatic heterocycles. The van der Waals surface area contributed by atoms with Gasteiger partial charge in [-0.15, -0.1) is 5.10 Å². The molecule has 98 valence electrons. The highest BCUT2D eigenvalue weighted by molar-refractivity contribution is 7.07. The summed E-state index contributed by atoms with van der Waals surface area (Å²) in [5.41, 5.74) is 2.75. The van der Waals surface area contributed by atoms with E-state index >= 15 is 0 Å². The van der Waals surface area contributed by atoms with Gasteiger partial charge < -0.3 is 4.42 Å². The van der Waals surface area contributed by atoms with Gasteiger partial charge in [0.1, 0.15) is 9.80 Å². The standard InChI is InChI=1S/C9H7N5O4S/c1-5-8(19-13-11-5)9(15)12-10-4-6-2-3-7(18-6)14(16)17/h2-4H,1H3,(H,12,15)/b10-4-. The van der Waals surface area contributed by atoms with E-state index < -0.39 is 16.7 Å². The van der Waals surface area contributed by atoms with Crippen molar-refractivity contribution in [1.29, 1.82) is 0 Å². The lowest BCUT2D eigenvalue weighted by Crippen LogP contribution is -2.17. The van der Waals surface area contributed by atoms with Crippen LogP contribution in [0.15, 0.2) is 21.7 Å². The number of furan rings is 1. The number of nitrogens with one attached hydrogen (secondary N) is 1. The molecule has 19 heavy (non-hydrogen) atoms. The number of nitro groups is 1. The number of carbonyl (C=O) groups is 1. The average molecular weight is 281 g/mol. The SMILES string of the molecule is Cc1nnsc1C(=O)N/N=C\c1ccc([N+](=O)[O-])o1. The lowest BCUT2D eigenvalue weighted by atomic mass is 10.4. The summed E-state index contributed by atoms with van der Waals surface area (Å²) < 4.78 is 8.44. The number of aryl methyl sites for hydroxylation is 1. The van der Waals surface area contributed by atoms with E-state index in [9.17, 15) is 14.9 Å². The molecule has 9 nitrogen and oxygen atoms in total. The van der Waals surface area contributed by atoms with Gasteiger partial charge in [-0.3, -0.25) is 14.9 Å². The molecule has 0 unspecified atom stereocenters. The van der Waals surface area contributed by atoms with Crippen molar-refractivity contribution in [2.45, 2.75) is 6.92 Å². The third-order valence-electron chi connectivity index (χ3n) is 2.01. The first kappa shape index (κ1) is 12.8. The van der Waals surface area contributed by atoms with Crippen LogP contribution in [0.2, 0.25) is 0 Å². The first-order valence-electron chi connectivity index (χ1n) is 4.94. The molecule has 1 amide bonds. The molecule has 0 spiro atoms. The van der Waals surface area contributed by atoms with Gasteiger partial charge in [0, 0.05) is 0 Å². The summed E-state index contributed by atoms with van der Waals surface area (Å²) in [6.07, 6.45) is 1.16. The molecule has 0 saturated carbocycles. The van der Waals surface area contributed by atoms with E-state index in [1.165, 1.54) is 12.1 Å². The predicted octanol–water partition coefficient (Wildman–Crippen LogP) is 1.11. The van der Waals surface area contributed by atoms with Gasteiger partial charge in [-0.25, -0.2) is 5.43 Å². The Kier molecular flexibility index (Phi) is 3.61. The van der Waals surface area contributed by atoms with E-state index in [0.717, 1.165) is 17.7 Å². The zero-order valence-corrected chi connectivity index (χ0v) is 10.4. The molecule has 0 aliphatic carbocycles. The molecule has 2 aromatic rings. The molecule has 2 rings (SSSR count). The summed E-state index contributed by atoms with van der Waals surface area (Å²) in [6, 6.07) is 2.56. The quantitative estimate of drug-likeness (QED) is 0.508. The minimum Gasteiger partial charge on any atom is -0.400 e. The first-order valence-corrected chi connectivity index (χ1v) is 5.72. The van der Waals surface area contributed by atoms with Crippen LogP contribution >= 0.6 is 11.5 Å². The minimum atomic E-state index is -0.664. The first-order chi connectivity index (χ1) is 9.08. The minimum absolute atomic E-state index is 0.158. The Morgan fingerprint density at radius 2 is 2.42 bits per heavy atom. The molecule has 0 radical (unpaired) electrons. The van der Waals surface area contributed by atoms with Crippen molar-refractivity contribution < 1.29 is 14.1 Å². The molecule has 2 heterocycles. The van der Waals surface area contributed by atoms with Crippen molar-refractivity contribution in [2.24, 2.45) is 5.10 Å². The predicted molar refractivity (Wildman–Crippen MR) is 65.1 cm³/mol. The Morgan fingerprint density at radius 1 is 1.63 bits per heavy atom. The molecule has 0 aliphatic heterocycles. The fourth-order valence-corrected chi connectivity index (χ4v) is 1.70. The summed E-state index contributed by atoms with van der Waals surface area (Å²) in [5, 5.41) is 17.7. The fourth-order valence-electron chi connectivity index (χ4n) is 1.15. The van der Waals surface area contributed by atoms with E-state index in [1.807, 2.05) is 0 Å². The van der Waals surface area contributed by atoms with Gasteiger partial charge in [-0.05, 0) is 24.5 Å². The van der Waals surface area contributed by atoms with Crippen LogP contribution in [0.5, 0.6) is 0 Å². The van der Waals surface area contributed by atoms with Crippen molar-refractivity contribution in [1.82, 2.24) is 15.0 Å². The number of hydrogen-bond donors (Lipinski definition) is 1. The molecule has 0 fully saturated rings. The van der Waals surface area contributed by atoms with Crippen molar-refractivity contribution in [3.8, 4) is 0 Å². The molecule has 1 N–H and O–H groups in total. The molecule has 0 bridgehead atoms. The van der Waals surface area contributed by atoms with Crippen molar-refractivity contribution in [2.75, 3.05) is 0 Å². The molecular weight excluding hydrogens is 274 g/mol. The monoisotopic (exact) mass is 281 g/mol. The maximum Gasteiger partial charge on any atom is 0.433 e. The summed E-state index contributed by atoms with van der Waals surface area (Å²) >= 11 is 0.952. The lowest BCUT2D eigenvalue weighted by Gasteiger charge is -1.94. The number of hydrazone groups is 1. The van der Waals surface area contributed by atoms with Gasteiger partial charge in [-0.1, -0.05) is 4.49 Å². The Bertz CT molecular complexity index is 647. The number of nitrogens with zero attached hydrogens (tertiary/aromatic N) is 4. The van der Waals surface area contributed by atoms with E-state index in [4.69, 9.17) is 4.42 Å². The third-order valence-corrected chi connectivity index (χ3v) is 2.83. The Hall–Kier alpha value is -2.62. The second-order valence-corrected chi connectivity index (χ2v) is 4.07. The van der Waals surface area contributed by atoms with E-state index in [-0.39, 0.29) is 5.76 Å². The Morgan fingerprint density at radius 3 is 3.00 bits per heavy atom. The topological polar surface area (TPSA) is 124 Å². The van der Waals surface area contributed by atoms with Gasteiger partial charge in [0.15, 0.2) is 5.76 Å². The number of hydrogen-bond acceptors (Lipinski definition) is 8.